The van der Waals surface area contributed by atoms with Crippen LogP contribution in [0.1, 0.15) is 30.6 Å². The quantitative estimate of drug-likeness (QED) is 0.824. The number of hydrogen-bond donors (Lipinski definition) is 0. The number of halogens is 2. The zero-order valence-corrected chi connectivity index (χ0v) is 12.5. The number of hydrogen-bond acceptors (Lipinski definition) is 2. The highest BCUT2D eigenvalue weighted by atomic mass is 35.5. The Morgan fingerprint density at radius 3 is 2.63 bits per heavy atom. The van der Waals surface area contributed by atoms with Gasteiger partial charge in [-0.1, -0.05) is 37.0 Å². The lowest BCUT2D eigenvalue weighted by atomic mass is 10.1. The van der Waals surface area contributed by atoms with E-state index in [-0.39, 0.29) is 5.91 Å². The maximum atomic E-state index is 12.4. The molecule has 0 aliphatic heterocycles. The molecule has 1 aromatic carbocycles. The molecule has 0 aromatic heterocycles. The van der Waals surface area contributed by atoms with Crippen molar-refractivity contribution in [2.24, 2.45) is 5.92 Å². The van der Waals surface area contributed by atoms with Crippen molar-refractivity contribution < 1.29 is 4.79 Å². The Morgan fingerprint density at radius 2 is 2.11 bits per heavy atom. The van der Waals surface area contributed by atoms with Gasteiger partial charge in [0.05, 0.1) is 23.1 Å². The molecular formula is C14H16Cl2N2O. The van der Waals surface area contributed by atoms with E-state index in [1.807, 2.05) is 13.8 Å². The van der Waals surface area contributed by atoms with Crippen LogP contribution < -0.4 is 0 Å². The third-order valence-corrected chi connectivity index (χ3v) is 3.08. The molecule has 3 nitrogen and oxygen atoms in total. The van der Waals surface area contributed by atoms with Gasteiger partial charge in [0.1, 0.15) is 0 Å². The lowest BCUT2D eigenvalue weighted by Crippen LogP contribution is -2.35. The Labute approximate surface area is 123 Å². The number of amides is 1. The molecule has 0 heterocycles. The first-order valence-electron chi connectivity index (χ1n) is 6.07. The minimum Gasteiger partial charge on any atom is -0.337 e. The van der Waals surface area contributed by atoms with Crippen LogP contribution in [0.25, 0.3) is 0 Å². The first kappa shape index (κ1) is 15.8. The molecule has 0 saturated heterocycles. The van der Waals surface area contributed by atoms with Crippen LogP contribution >= 0.6 is 23.2 Å². The molecule has 0 radical (unpaired) electrons. The highest BCUT2D eigenvalue weighted by Gasteiger charge is 2.19. The Balaban J connectivity index is 2.94. The summed E-state index contributed by atoms with van der Waals surface area (Å²) in [5.41, 5.74) is 0.421. The number of rotatable bonds is 5. The van der Waals surface area contributed by atoms with Crippen LogP contribution in [0.2, 0.25) is 10.0 Å². The summed E-state index contributed by atoms with van der Waals surface area (Å²) in [4.78, 5) is 14.1. The maximum Gasteiger partial charge on any atom is 0.255 e. The van der Waals surface area contributed by atoms with Gasteiger partial charge in [-0.2, -0.15) is 5.26 Å². The van der Waals surface area contributed by atoms with E-state index in [1.165, 1.54) is 0 Å². The van der Waals surface area contributed by atoms with Gasteiger partial charge in [-0.05, 0) is 24.1 Å². The van der Waals surface area contributed by atoms with E-state index in [9.17, 15) is 4.79 Å². The van der Waals surface area contributed by atoms with E-state index in [0.717, 1.165) is 0 Å². The molecule has 102 valence electrons. The number of nitrogens with zero attached hydrogens (tertiary/aromatic N) is 2. The highest BCUT2D eigenvalue weighted by Crippen LogP contribution is 2.22. The number of carbonyl (C=O) groups is 1. The van der Waals surface area contributed by atoms with Crippen molar-refractivity contribution in [3.05, 3.63) is 33.8 Å². The summed E-state index contributed by atoms with van der Waals surface area (Å²) >= 11 is 11.9. The van der Waals surface area contributed by atoms with Crippen LogP contribution in [0.3, 0.4) is 0 Å². The molecule has 1 rings (SSSR count). The van der Waals surface area contributed by atoms with E-state index in [2.05, 4.69) is 6.07 Å². The predicted molar refractivity (Wildman–Crippen MR) is 77.4 cm³/mol. The molecule has 1 amide bonds. The molecule has 5 heteroatoms. The van der Waals surface area contributed by atoms with Crippen molar-refractivity contribution in [2.45, 2.75) is 20.3 Å². The van der Waals surface area contributed by atoms with Gasteiger partial charge in [-0.15, -0.1) is 0 Å². The van der Waals surface area contributed by atoms with Crippen LogP contribution in [-0.4, -0.2) is 23.9 Å². The number of nitriles is 1. The summed E-state index contributed by atoms with van der Waals surface area (Å²) in [5.74, 6) is 0.166. The molecule has 19 heavy (non-hydrogen) atoms. The summed E-state index contributed by atoms with van der Waals surface area (Å²) in [6.07, 6.45) is 0.309. The second-order valence-corrected chi connectivity index (χ2v) is 5.52. The van der Waals surface area contributed by atoms with Gasteiger partial charge in [0.15, 0.2) is 0 Å². The van der Waals surface area contributed by atoms with Gasteiger partial charge in [0.25, 0.3) is 5.91 Å². The first-order valence-corrected chi connectivity index (χ1v) is 6.82. The smallest absolute Gasteiger partial charge is 0.255 e. The lowest BCUT2D eigenvalue weighted by molar-refractivity contribution is 0.0740. The van der Waals surface area contributed by atoms with Crippen LogP contribution in [0.5, 0.6) is 0 Å². The summed E-state index contributed by atoms with van der Waals surface area (Å²) in [6, 6.07) is 6.86. The fraction of sp³-hybridized carbons (Fsp3) is 0.429. The van der Waals surface area contributed by atoms with E-state index >= 15 is 0 Å². The van der Waals surface area contributed by atoms with Gasteiger partial charge < -0.3 is 4.90 Å². The summed E-state index contributed by atoms with van der Waals surface area (Å²) in [5, 5.41) is 9.49. The fourth-order valence-corrected chi connectivity index (χ4v) is 2.22. The average molecular weight is 299 g/mol. The molecule has 0 saturated carbocycles. The SMILES string of the molecule is CC(C)CN(CCC#N)C(=O)c1ccc(Cl)cc1Cl. The Kier molecular flexibility index (Phi) is 6.14. The normalized spacial score (nSPS) is 10.3. The van der Waals surface area contributed by atoms with Gasteiger partial charge >= 0.3 is 0 Å². The minimum atomic E-state index is -0.161. The van der Waals surface area contributed by atoms with Crippen LogP contribution in [0.4, 0.5) is 0 Å². The Morgan fingerprint density at radius 1 is 1.42 bits per heavy atom. The van der Waals surface area contributed by atoms with Crippen molar-refractivity contribution in [3.63, 3.8) is 0 Å². The van der Waals surface area contributed by atoms with Gasteiger partial charge in [0.2, 0.25) is 0 Å². The molecule has 0 bridgehead atoms. The van der Waals surface area contributed by atoms with E-state index in [0.29, 0.717) is 41.0 Å². The highest BCUT2D eigenvalue weighted by molar-refractivity contribution is 6.36. The molecular weight excluding hydrogens is 283 g/mol. The van der Waals surface area contributed by atoms with E-state index < -0.39 is 0 Å². The van der Waals surface area contributed by atoms with E-state index in [1.54, 1.807) is 23.1 Å². The standard InChI is InChI=1S/C14H16Cl2N2O/c1-10(2)9-18(7-3-6-17)14(19)12-5-4-11(15)8-13(12)16/h4-5,8,10H,3,7,9H2,1-2H3. The molecule has 1 aromatic rings. The maximum absolute atomic E-state index is 12.4. The zero-order valence-electron chi connectivity index (χ0n) is 11.0. The molecule has 0 fully saturated rings. The van der Waals surface area contributed by atoms with Crippen LogP contribution in [0, 0.1) is 17.2 Å². The summed E-state index contributed by atoms with van der Waals surface area (Å²) in [6.45, 7) is 5.05. The molecule has 0 N–H and O–H groups in total. The van der Waals surface area contributed by atoms with Crippen molar-refractivity contribution in [1.29, 1.82) is 5.26 Å². The summed E-state index contributed by atoms with van der Waals surface area (Å²) in [7, 11) is 0. The second kappa shape index (κ2) is 7.37. The Hall–Kier alpha value is -1.24. The third kappa shape index (κ3) is 4.74. The molecule has 0 unspecified atom stereocenters. The van der Waals surface area contributed by atoms with Crippen molar-refractivity contribution in [1.82, 2.24) is 4.90 Å². The number of benzene rings is 1. The van der Waals surface area contributed by atoms with Crippen molar-refractivity contribution >= 4 is 29.1 Å². The number of carbonyl (C=O) groups excluding carboxylic acids is 1. The van der Waals surface area contributed by atoms with Gasteiger partial charge in [-0.25, -0.2) is 0 Å². The van der Waals surface area contributed by atoms with Crippen molar-refractivity contribution in [3.8, 4) is 6.07 Å². The van der Waals surface area contributed by atoms with Crippen molar-refractivity contribution in [2.75, 3.05) is 13.1 Å². The average Bonchev–Trinajstić information content (AvgIpc) is 2.33. The molecule has 0 aliphatic carbocycles. The third-order valence-electron chi connectivity index (χ3n) is 2.53. The van der Waals surface area contributed by atoms with Crippen LogP contribution in [-0.2, 0) is 0 Å². The van der Waals surface area contributed by atoms with Crippen LogP contribution in [0.15, 0.2) is 18.2 Å². The lowest BCUT2D eigenvalue weighted by Gasteiger charge is -2.24. The summed E-state index contributed by atoms with van der Waals surface area (Å²) < 4.78 is 0. The van der Waals surface area contributed by atoms with E-state index in [4.69, 9.17) is 28.5 Å². The minimum absolute atomic E-state index is 0.161. The predicted octanol–water partition coefficient (Wildman–Crippen LogP) is 4.01. The second-order valence-electron chi connectivity index (χ2n) is 4.68. The molecule has 0 atom stereocenters. The molecule has 0 spiro atoms. The zero-order chi connectivity index (χ0) is 14.4. The largest absolute Gasteiger partial charge is 0.337 e. The molecule has 0 aliphatic rings. The monoisotopic (exact) mass is 298 g/mol. The van der Waals surface area contributed by atoms with Gasteiger partial charge in [0, 0.05) is 18.1 Å². The Bertz CT molecular complexity index is 495. The first-order chi connectivity index (χ1) is 8.95. The fourth-order valence-electron chi connectivity index (χ4n) is 1.73. The topological polar surface area (TPSA) is 44.1 Å². The van der Waals surface area contributed by atoms with Gasteiger partial charge in [-0.3, -0.25) is 4.79 Å².